The van der Waals surface area contributed by atoms with Gasteiger partial charge in [-0.1, -0.05) is 31.4 Å². The van der Waals surface area contributed by atoms with Crippen LogP contribution >= 0.6 is 0 Å². The molecule has 0 atom stereocenters. The molecule has 5 heteroatoms. The van der Waals surface area contributed by atoms with Crippen molar-refractivity contribution in [2.24, 2.45) is 0 Å². The van der Waals surface area contributed by atoms with Gasteiger partial charge in [0.05, 0.1) is 17.0 Å². The molecule has 1 aromatic carbocycles. The van der Waals surface area contributed by atoms with Gasteiger partial charge in [0.15, 0.2) is 0 Å². The van der Waals surface area contributed by atoms with Crippen molar-refractivity contribution >= 4 is 17.4 Å². The number of carbonyl (C=O) groups excluding carboxylic acids is 1. The van der Waals surface area contributed by atoms with Gasteiger partial charge in [-0.15, -0.1) is 0 Å². The number of hydrogen-bond donors (Lipinski definition) is 3. The van der Waals surface area contributed by atoms with Crippen LogP contribution in [0.5, 0.6) is 0 Å². The summed E-state index contributed by atoms with van der Waals surface area (Å²) in [6.45, 7) is 0.308. The molecule has 0 radical (unpaired) electrons. The van der Waals surface area contributed by atoms with Gasteiger partial charge in [0.1, 0.15) is 0 Å². The summed E-state index contributed by atoms with van der Waals surface area (Å²) in [6.07, 6.45) is 4.76. The molecule has 0 bridgehead atoms. The van der Waals surface area contributed by atoms with E-state index in [-0.39, 0.29) is 6.03 Å². The number of carbonyl (C=O) groups is 1. The molecule has 0 saturated heterocycles. The first kappa shape index (κ1) is 15.6. The lowest BCUT2D eigenvalue weighted by molar-refractivity contribution is 0.00755. The second-order valence-electron chi connectivity index (χ2n) is 6.00. The molecule has 0 unspecified atom stereocenters. The smallest absolute Gasteiger partial charge is 0.319 e. The number of nitrogens with zero attached hydrogens (tertiary/aromatic N) is 1. The lowest BCUT2D eigenvalue weighted by Crippen LogP contribution is -2.45. The molecule has 1 aliphatic carbocycles. The molecule has 1 saturated carbocycles. The maximum Gasteiger partial charge on any atom is 0.319 e. The van der Waals surface area contributed by atoms with Crippen LogP contribution < -0.4 is 15.5 Å². The molecular weight excluding hydrogens is 266 g/mol. The number of urea groups is 1. The van der Waals surface area contributed by atoms with Crippen LogP contribution in [-0.2, 0) is 0 Å². The Morgan fingerprint density at radius 1 is 1.24 bits per heavy atom. The fourth-order valence-corrected chi connectivity index (χ4v) is 2.77. The van der Waals surface area contributed by atoms with E-state index in [1.807, 2.05) is 43.3 Å². The summed E-state index contributed by atoms with van der Waals surface area (Å²) in [6, 6.07) is 7.36. The van der Waals surface area contributed by atoms with Crippen molar-refractivity contribution in [2.45, 2.75) is 37.7 Å². The highest BCUT2D eigenvalue weighted by atomic mass is 16.3. The second kappa shape index (κ2) is 6.80. The molecule has 5 nitrogen and oxygen atoms in total. The first-order chi connectivity index (χ1) is 10.0. The standard InChI is InChI=1S/C16H25N3O2/c1-19(2)14-9-5-4-8-13(14)18-15(20)17-12-16(21)10-6-3-7-11-16/h4-5,8-9,21H,3,6-7,10-12H2,1-2H3,(H2,17,18,20). The fraction of sp³-hybridized carbons (Fsp3) is 0.562. The molecule has 1 fully saturated rings. The van der Waals surface area contributed by atoms with Gasteiger partial charge in [-0.3, -0.25) is 0 Å². The second-order valence-corrected chi connectivity index (χ2v) is 6.00. The maximum atomic E-state index is 12.0. The zero-order valence-corrected chi connectivity index (χ0v) is 12.9. The van der Waals surface area contributed by atoms with Crippen LogP contribution in [-0.4, -0.2) is 37.4 Å². The Kier molecular flexibility index (Phi) is 5.07. The summed E-state index contributed by atoms with van der Waals surface area (Å²) >= 11 is 0. The van der Waals surface area contributed by atoms with Crippen molar-refractivity contribution in [2.75, 3.05) is 30.9 Å². The van der Waals surface area contributed by atoms with E-state index in [0.717, 1.165) is 37.1 Å². The van der Waals surface area contributed by atoms with E-state index < -0.39 is 5.60 Å². The van der Waals surface area contributed by atoms with Crippen molar-refractivity contribution in [3.05, 3.63) is 24.3 Å². The number of benzene rings is 1. The number of rotatable bonds is 4. The minimum Gasteiger partial charge on any atom is -0.388 e. The zero-order chi connectivity index (χ0) is 15.3. The Bertz CT molecular complexity index is 482. The summed E-state index contributed by atoms with van der Waals surface area (Å²) in [5, 5.41) is 16.0. The van der Waals surface area contributed by atoms with E-state index in [1.54, 1.807) is 0 Å². The van der Waals surface area contributed by atoms with Gasteiger partial charge in [0.2, 0.25) is 0 Å². The quantitative estimate of drug-likeness (QED) is 0.799. The Morgan fingerprint density at radius 2 is 1.90 bits per heavy atom. The lowest BCUT2D eigenvalue weighted by Gasteiger charge is -2.32. The molecule has 116 valence electrons. The van der Waals surface area contributed by atoms with Gasteiger partial charge in [0.25, 0.3) is 0 Å². The summed E-state index contributed by atoms with van der Waals surface area (Å²) in [5.74, 6) is 0. The molecule has 0 spiro atoms. The number of anilines is 2. The molecule has 0 aliphatic heterocycles. The summed E-state index contributed by atoms with van der Waals surface area (Å²) in [4.78, 5) is 14.0. The van der Waals surface area contributed by atoms with Crippen molar-refractivity contribution in [3.8, 4) is 0 Å². The summed E-state index contributed by atoms with van der Waals surface area (Å²) < 4.78 is 0. The van der Waals surface area contributed by atoms with E-state index in [2.05, 4.69) is 10.6 Å². The van der Waals surface area contributed by atoms with E-state index in [1.165, 1.54) is 6.42 Å². The molecular formula is C16H25N3O2. The molecule has 1 aromatic rings. The first-order valence-corrected chi connectivity index (χ1v) is 7.54. The summed E-state index contributed by atoms with van der Waals surface area (Å²) in [7, 11) is 3.87. The van der Waals surface area contributed by atoms with E-state index in [0.29, 0.717) is 6.54 Å². The predicted octanol–water partition coefficient (Wildman–Crippen LogP) is 2.57. The highest BCUT2D eigenvalue weighted by Gasteiger charge is 2.29. The van der Waals surface area contributed by atoms with Gasteiger partial charge in [-0.05, 0) is 25.0 Å². The van der Waals surface area contributed by atoms with Gasteiger partial charge in [-0.2, -0.15) is 0 Å². The average Bonchev–Trinajstić information content (AvgIpc) is 2.46. The summed E-state index contributed by atoms with van der Waals surface area (Å²) in [5.41, 5.74) is 0.969. The molecule has 0 heterocycles. The molecule has 3 N–H and O–H groups in total. The third-order valence-corrected chi connectivity index (χ3v) is 4.00. The Hall–Kier alpha value is -1.75. The average molecular weight is 291 g/mol. The Morgan fingerprint density at radius 3 is 2.57 bits per heavy atom. The number of para-hydroxylation sites is 2. The van der Waals surface area contributed by atoms with Crippen LogP contribution in [0.3, 0.4) is 0 Å². The normalized spacial score (nSPS) is 17.1. The number of aliphatic hydroxyl groups is 1. The molecule has 2 amide bonds. The largest absolute Gasteiger partial charge is 0.388 e. The third-order valence-electron chi connectivity index (χ3n) is 4.00. The highest BCUT2D eigenvalue weighted by molar-refractivity contribution is 5.93. The van der Waals surface area contributed by atoms with Gasteiger partial charge in [0, 0.05) is 20.6 Å². The van der Waals surface area contributed by atoms with Crippen LogP contribution in [0.25, 0.3) is 0 Å². The lowest BCUT2D eigenvalue weighted by atomic mass is 9.85. The molecule has 2 rings (SSSR count). The zero-order valence-electron chi connectivity index (χ0n) is 12.9. The minimum absolute atomic E-state index is 0.275. The van der Waals surface area contributed by atoms with Crippen LogP contribution in [0.1, 0.15) is 32.1 Å². The predicted molar refractivity (Wildman–Crippen MR) is 85.8 cm³/mol. The first-order valence-electron chi connectivity index (χ1n) is 7.54. The SMILES string of the molecule is CN(C)c1ccccc1NC(=O)NCC1(O)CCCCC1. The monoisotopic (exact) mass is 291 g/mol. The van der Waals surface area contributed by atoms with Crippen molar-refractivity contribution in [3.63, 3.8) is 0 Å². The number of nitrogens with one attached hydrogen (secondary N) is 2. The topological polar surface area (TPSA) is 64.6 Å². The van der Waals surface area contributed by atoms with Gasteiger partial charge < -0.3 is 20.6 Å². The third kappa shape index (κ3) is 4.36. The van der Waals surface area contributed by atoms with Crippen LogP contribution in [0.2, 0.25) is 0 Å². The van der Waals surface area contributed by atoms with Gasteiger partial charge >= 0.3 is 6.03 Å². The number of hydrogen-bond acceptors (Lipinski definition) is 3. The van der Waals surface area contributed by atoms with Crippen molar-refractivity contribution < 1.29 is 9.90 Å². The van der Waals surface area contributed by atoms with Crippen molar-refractivity contribution in [1.82, 2.24) is 5.32 Å². The fourth-order valence-electron chi connectivity index (χ4n) is 2.77. The highest BCUT2D eigenvalue weighted by Crippen LogP contribution is 2.27. The Labute approximate surface area is 126 Å². The van der Waals surface area contributed by atoms with Crippen molar-refractivity contribution in [1.29, 1.82) is 0 Å². The van der Waals surface area contributed by atoms with Crippen LogP contribution in [0.4, 0.5) is 16.2 Å². The van der Waals surface area contributed by atoms with Gasteiger partial charge in [-0.25, -0.2) is 4.79 Å². The minimum atomic E-state index is -0.739. The molecule has 21 heavy (non-hydrogen) atoms. The molecule has 0 aromatic heterocycles. The number of amides is 2. The maximum absolute atomic E-state index is 12.0. The van der Waals surface area contributed by atoms with E-state index in [9.17, 15) is 9.90 Å². The van der Waals surface area contributed by atoms with Crippen LogP contribution in [0.15, 0.2) is 24.3 Å². The van der Waals surface area contributed by atoms with E-state index in [4.69, 9.17) is 0 Å². The van der Waals surface area contributed by atoms with E-state index >= 15 is 0 Å². The van der Waals surface area contributed by atoms with Crippen LogP contribution in [0, 0.1) is 0 Å². The Balaban J connectivity index is 1.90. The molecule has 1 aliphatic rings.